The van der Waals surface area contributed by atoms with Gasteiger partial charge in [-0.3, -0.25) is 10.2 Å². The molecule has 1 amide bonds. The van der Waals surface area contributed by atoms with Gasteiger partial charge in [-0.15, -0.1) is 0 Å². The summed E-state index contributed by atoms with van der Waals surface area (Å²) in [5.41, 5.74) is 2.94. The smallest absolute Gasteiger partial charge is 0.300 e. The van der Waals surface area contributed by atoms with Crippen LogP contribution in [0.3, 0.4) is 0 Å². The molecular formula is C11H10N2O2. The third kappa shape index (κ3) is 1.89. The highest BCUT2D eigenvalue weighted by molar-refractivity contribution is 5.91. The van der Waals surface area contributed by atoms with Crippen molar-refractivity contribution in [2.45, 2.75) is 0 Å². The number of nitrogens with two attached hydrogens (primary N) is 1. The van der Waals surface area contributed by atoms with Crippen LogP contribution < -0.4 is 11.3 Å². The molecule has 2 aromatic rings. The molecule has 0 unspecified atom stereocenters. The lowest BCUT2D eigenvalue weighted by Gasteiger charge is -1.96. The number of benzene rings is 1. The third-order valence-electron chi connectivity index (χ3n) is 2.02. The molecule has 15 heavy (non-hydrogen) atoms. The fourth-order valence-corrected chi connectivity index (χ4v) is 1.29. The van der Waals surface area contributed by atoms with Gasteiger partial charge < -0.3 is 4.42 Å². The van der Waals surface area contributed by atoms with E-state index in [-0.39, 0.29) is 5.76 Å². The van der Waals surface area contributed by atoms with Crippen molar-refractivity contribution < 1.29 is 9.21 Å². The molecule has 0 aliphatic rings. The Morgan fingerprint density at radius 3 is 2.53 bits per heavy atom. The zero-order valence-corrected chi connectivity index (χ0v) is 7.94. The number of hydrazine groups is 1. The van der Waals surface area contributed by atoms with Crippen molar-refractivity contribution in [2.24, 2.45) is 5.84 Å². The third-order valence-corrected chi connectivity index (χ3v) is 2.02. The number of hydrogen-bond donors (Lipinski definition) is 2. The van der Waals surface area contributed by atoms with Gasteiger partial charge >= 0.3 is 5.91 Å². The van der Waals surface area contributed by atoms with Crippen LogP contribution in [-0.4, -0.2) is 5.91 Å². The minimum Gasteiger partial charge on any atom is -0.451 e. The lowest BCUT2D eigenvalue weighted by molar-refractivity contribution is 0.0927. The largest absolute Gasteiger partial charge is 0.451 e. The predicted octanol–water partition coefficient (Wildman–Crippen LogP) is 1.55. The lowest BCUT2D eigenvalue weighted by atomic mass is 10.2. The Labute approximate surface area is 86.7 Å². The van der Waals surface area contributed by atoms with E-state index in [0.717, 1.165) is 5.56 Å². The van der Waals surface area contributed by atoms with Crippen LogP contribution in [0.25, 0.3) is 11.3 Å². The average molecular weight is 202 g/mol. The van der Waals surface area contributed by atoms with E-state index >= 15 is 0 Å². The minimum atomic E-state index is -0.433. The SMILES string of the molecule is NNC(=O)c1ccc(-c2ccccc2)o1. The maximum Gasteiger partial charge on any atom is 0.300 e. The first-order chi connectivity index (χ1) is 7.31. The van der Waals surface area contributed by atoms with Gasteiger partial charge in [0.1, 0.15) is 5.76 Å². The van der Waals surface area contributed by atoms with Crippen molar-refractivity contribution in [1.29, 1.82) is 0 Å². The molecule has 2 rings (SSSR count). The molecule has 76 valence electrons. The fourth-order valence-electron chi connectivity index (χ4n) is 1.29. The molecule has 0 saturated heterocycles. The van der Waals surface area contributed by atoms with Crippen LogP contribution in [-0.2, 0) is 0 Å². The van der Waals surface area contributed by atoms with Gasteiger partial charge in [0.15, 0.2) is 5.76 Å². The normalized spacial score (nSPS) is 9.93. The number of amides is 1. The molecule has 0 radical (unpaired) electrons. The first-order valence-corrected chi connectivity index (χ1v) is 4.47. The number of carbonyl (C=O) groups is 1. The Hall–Kier alpha value is -2.07. The molecule has 1 aromatic heterocycles. The summed E-state index contributed by atoms with van der Waals surface area (Å²) in [6, 6.07) is 12.9. The fraction of sp³-hybridized carbons (Fsp3) is 0. The molecular weight excluding hydrogens is 192 g/mol. The molecule has 0 spiro atoms. The van der Waals surface area contributed by atoms with Crippen molar-refractivity contribution in [2.75, 3.05) is 0 Å². The van der Waals surface area contributed by atoms with Crippen molar-refractivity contribution in [3.05, 3.63) is 48.2 Å². The van der Waals surface area contributed by atoms with Crippen molar-refractivity contribution in [3.8, 4) is 11.3 Å². The van der Waals surface area contributed by atoms with Crippen LogP contribution in [0.15, 0.2) is 46.9 Å². The molecule has 0 fully saturated rings. The second-order valence-corrected chi connectivity index (χ2v) is 3.00. The highest BCUT2D eigenvalue weighted by Crippen LogP contribution is 2.21. The van der Waals surface area contributed by atoms with Gasteiger partial charge in [-0.1, -0.05) is 30.3 Å². The van der Waals surface area contributed by atoms with Gasteiger partial charge in [0.25, 0.3) is 0 Å². The molecule has 1 aromatic carbocycles. The van der Waals surface area contributed by atoms with Gasteiger partial charge in [0.05, 0.1) is 0 Å². The summed E-state index contributed by atoms with van der Waals surface area (Å²) in [7, 11) is 0. The van der Waals surface area contributed by atoms with E-state index in [2.05, 4.69) is 0 Å². The van der Waals surface area contributed by atoms with Crippen molar-refractivity contribution in [1.82, 2.24) is 5.43 Å². The second kappa shape index (κ2) is 3.98. The first kappa shape index (κ1) is 9.48. The Kier molecular flexibility index (Phi) is 2.51. The molecule has 0 saturated carbocycles. The first-order valence-electron chi connectivity index (χ1n) is 4.47. The topological polar surface area (TPSA) is 68.3 Å². The number of furan rings is 1. The Balaban J connectivity index is 2.32. The van der Waals surface area contributed by atoms with Gasteiger partial charge in [-0.25, -0.2) is 5.84 Å². The summed E-state index contributed by atoms with van der Waals surface area (Å²) in [5, 5.41) is 0. The van der Waals surface area contributed by atoms with Crippen LogP contribution in [0.4, 0.5) is 0 Å². The molecule has 1 heterocycles. The summed E-state index contributed by atoms with van der Waals surface area (Å²) in [6.45, 7) is 0. The maximum atomic E-state index is 11.1. The van der Waals surface area contributed by atoms with E-state index < -0.39 is 5.91 Å². The zero-order valence-electron chi connectivity index (χ0n) is 7.94. The van der Waals surface area contributed by atoms with Gasteiger partial charge in [-0.2, -0.15) is 0 Å². The number of rotatable bonds is 2. The van der Waals surface area contributed by atoms with Crippen molar-refractivity contribution >= 4 is 5.91 Å². The summed E-state index contributed by atoms with van der Waals surface area (Å²) in [6.07, 6.45) is 0. The summed E-state index contributed by atoms with van der Waals surface area (Å²) < 4.78 is 5.33. The summed E-state index contributed by atoms with van der Waals surface area (Å²) in [5.74, 6) is 5.41. The molecule has 0 atom stereocenters. The lowest BCUT2D eigenvalue weighted by Crippen LogP contribution is -2.29. The monoisotopic (exact) mass is 202 g/mol. The van der Waals surface area contributed by atoms with Crippen LogP contribution in [0.2, 0.25) is 0 Å². The van der Waals surface area contributed by atoms with Crippen LogP contribution >= 0.6 is 0 Å². The van der Waals surface area contributed by atoms with Crippen LogP contribution in [0.5, 0.6) is 0 Å². The Morgan fingerprint density at radius 2 is 1.87 bits per heavy atom. The average Bonchev–Trinajstić information content (AvgIpc) is 2.78. The Morgan fingerprint density at radius 1 is 1.13 bits per heavy atom. The van der Waals surface area contributed by atoms with E-state index in [1.165, 1.54) is 0 Å². The standard InChI is InChI=1S/C11H10N2O2/c12-13-11(14)10-7-6-9(15-10)8-4-2-1-3-5-8/h1-7H,12H2,(H,13,14). The Bertz CT molecular complexity index is 462. The van der Waals surface area contributed by atoms with E-state index in [4.69, 9.17) is 10.3 Å². The molecule has 3 N–H and O–H groups in total. The molecule has 0 aliphatic carbocycles. The highest BCUT2D eigenvalue weighted by Gasteiger charge is 2.09. The van der Waals surface area contributed by atoms with Gasteiger partial charge in [-0.05, 0) is 12.1 Å². The summed E-state index contributed by atoms with van der Waals surface area (Å²) >= 11 is 0. The highest BCUT2D eigenvalue weighted by atomic mass is 16.4. The summed E-state index contributed by atoms with van der Waals surface area (Å²) in [4.78, 5) is 11.1. The van der Waals surface area contributed by atoms with E-state index in [1.807, 2.05) is 35.8 Å². The number of nitrogens with one attached hydrogen (secondary N) is 1. The van der Waals surface area contributed by atoms with Gasteiger partial charge in [0.2, 0.25) is 0 Å². The quantitative estimate of drug-likeness (QED) is 0.441. The number of carbonyl (C=O) groups excluding carboxylic acids is 1. The van der Waals surface area contributed by atoms with E-state index in [0.29, 0.717) is 5.76 Å². The number of hydrogen-bond acceptors (Lipinski definition) is 3. The molecule has 4 heteroatoms. The maximum absolute atomic E-state index is 11.1. The van der Waals surface area contributed by atoms with Gasteiger partial charge in [0, 0.05) is 5.56 Å². The molecule has 0 bridgehead atoms. The second-order valence-electron chi connectivity index (χ2n) is 3.00. The van der Waals surface area contributed by atoms with E-state index in [1.54, 1.807) is 12.1 Å². The minimum absolute atomic E-state index is 0.205. The van der Waals surface area contributed by atoms with Crippen molar-refractivity contribution in [3.63, 3.8) is 0 Å². The van der Waals surface area contributed by atoms with Crippen LogP contribution in [0.1, 0.15) is 10.6 Å². The zero-order chi connectivity index (χ0) is 10.7. The predicted molar refractivity (Wildman–Crippen MR) is 55.8 cm³/mol. The van der Waals surface area contributed by atoms with Crippen LogP contribution in [0, 0.1) is 0 Å². The molecule has 0 aliphatic heterocycles. The number of nitrogen functional groups attached to an aromatic ring is 1. The molecule has 4 nitrogen and oxygen atoms in total. The van der Waals surface area contributed by atoms with E-state index in [9.17, 15) is 4.79 Å².